The number of ether oxygens (including phenoxy) is 1. The average Bonchev–Trinajstić information content (AvgIpc) is 3.23. The van der Waals surface area contributed by atoms with Gasteiger partial charge in [-0.05, 0) is 18.6 Å². The second kappa shape index (κ2) is 8.42. The summed E-state index contributed by atoms with van der Waals surface area (Å²) in [5.74, 6) is -0.366. The van der Waals surface area contributed by atoms with E-state index in [9.17, 15) is 8.78 Å². The van der Waals surface area contributed by atoms with E-state index in [2.05, 4.69) is 17.0 Å². The van der Waals surface area contributed by atoms with E-state index < -0.39 is 23.3 Å². The molecule has 1 fully saturated rings. The van der Waals surface area contributed by atoms with Crippen molar-refractivity contribution in [2.75, 3.05) is 5.75 Å². The zero-order valence-electron chi connectivity index (χ0n) is 15.8. The van der Waals surface area contributed by atoms with Crippen molar-refractivity contribution in [1.29, 1.82) is 0 Å². The Bertz CT molecular complexity index is 1020. The molecule has 0 unspecified atom stereocenters. The summed E-state index contributed by atoms with van der Waals surface area (Å²) in [6, 6.07) is 10.9. The van der Waals surface area contributed by atoms with E-state index in [4.69, 9.17) is 16.3 Å². The fourth-order valence-corrected chi connectivity index (χ4v) is 4.66. The molecule has 2 atom stereocenters. The van der Waals surface area contributed by atoms with Gasteiger partial charge in [0.05, 0.1) is 6.54 Å². The number of hydrogen-bond acceptors (Lipinski definition) is 4. The molecular weight excluding hydrogens is 416 g/mol. The van der Waals surface area contributed by atoms with E-state index in [1.807, 2.05) is 18.2 Å². The van der Waals surface area contributed by atoms with Crippen LogP contribution < -0.4 is 0 Å². The van der Waals surface area contributed by atoms with Gasteiger partial charge < -0.3 is 4.74 Å². The average molecular weight is 436 g/mol. The van der Waals surface area contributed by atoms with Crippen molar-refractivity contribution >= 4 is 23.4 Å². The molecule has 0 saturated carbocycles. The molecule has 0 spiro atoms. The van der Waals surface area contributed by atoms with E-state index in [1.165, 1.54) is 18.5 Å². The molecule has 1 aromatic heterocycles. The highest BCUT2D eigenvalue weighted by Gasteiger charge is 2.61. The fraction of sp³-hybridized carbons (Fsp3) is 0.333. The van der Waals surface area contributed by atoms with Gasteiger partial charge in [0, 0.05) is 28.0 Å². The first kappa shape index (κ1) is 20.3. The fourth-order valence-electron chi connectivity index (χ4n) is 3.43. The van der Waals surface area contributed by atoms with Crippen LogP contribution in [-0.2, 0) is 16.9 Å². The van der Waals surface area contributed by atoms with Gasteiger partial charge in [-0.3, -0.25) is 0 Å². The lowest BCUT2D eigenvalue weighted by Crippen LogP contribution is -2.22. The quantitative estimate of drug-likeness (QED) is 0.256. The molecule has 152 valence electrons. The van der Waals surface area contributed by atoms with Gasteiger partial charge in [-0.1, -0.05) is 61.0 Å². The Morgan fingerprint density at radius 3 is 2.83 bits per heavy atom. The number of halogens is 3. The molecule has 1 aliphatic rings. The monoisotopic (exact) mass is 435 g/mol. The molecule has 0 aliphatic carbocycles. The number of nitrogens with zero attached hydrogens (tertiary/aromatic N) is 3. The van der Waals surface area contributed by atoms with E-state index in [0.717, 1.165) is 35.4 Å². The van der Waals surface area contributed by atoms with Crippen molar-refractivity contribution in [2.45, 2.75) is 43.2 Å². The molecule has 0 radical (unpaired) electrons. The van der Waals surface area contributed by atoms with Crippen LogP contribution >= 0.6 is 23.4 Å². The largest absolute Gasteiger partial charge is 0.354 e. The number of unbranched alkanes of at least 4 members (excludes halogenated alkanes) is 1. The Kier molecular flexibility index (Phi) is 5.90. The molecule has 8 heteroatoms. The van der Waals surface area contributed by atoms with Gasteiger partial charge in [-0.15, -0.1) is 0 Å². The van der Waals surface area contributed by atoms with Gasteiger partial charge >= 0.3 is 0 Å². The zero-order chi connectivity index (χ0) is 20.4. The summed E-state index contributed by atoms with van der Waals surface area (Å²) in [5, 5.41) is 5.60. The van der Waals surface area contributed by atoms with Crippen LogP contribution in [0.15, 0.2) is 53.9 Å². The van der Waals surface area contributed by atoms with Crippen LogP contribution in [0.4, 0.5) is 8.78 Å². The van der Waals surface area contributed by atoms with Crippen LogP contribution in [0, 0.1) is 11.6 Å². The van der Waals surface area contributed by atoms with Gasteiger partial charge in [0.25, 0.3) is 0 Å². The first-order chi connectivity index (χ1) is 14.0. The summed E-state index contributed by atoms with van der Waals surface area (Å²) >= 11 is 7.97. The topological polar surface area (TPSA) is 43.2 Å². The Morgan fingerprint density at radius 2 is 2.07 bits per heavy atom. The van der Waals surface area contributed by atoms with E-state index in [1.54, 1.807) is 22.5 Å². The van der Waals surface area contributed by atoms with E-state index in [0.29, 0.717) is 5.02 Å². The maximum atomic E-state index is 14.7. The van der Waals surface area contributed by atoms with E-state index in [-0.39, 0.29) is 12.1 Å². The van der Waals surface area contributed by atoms with Gasteiger partial charge in [0.1, 0.15) is 29.7 Å². The SMILES string of the molecule is CCCCSc1ncnn1C[C@@]1(c2ccc(F)cc2F)O[C@H]1c1ccccc1Cl. The van der Waals surface area contributed by atoms with Gasteiger partial charge in [-0.25, -0.2) is 18.4 Å². The highest BCUT2D eigenvalue weighted by molar-refractivity contribution is 7.99. The molecule has 4 rings (SSSR count). The molecule has 2 heterocycles. The molecular formula is C21H20ClF2N3OS. The Balaban J connectivity index is 1.70. The Morgan fingerprint density at radius 1 is 1.24 bits per heavy atom. The molecule has 0 bridgehead atoms. The number of hydrogen-bond donors (Lipinski definition) is 0. The molecule has 0 amide bonds. The van der Waals surface area contributed by atoms with Crippen LogP contribution in [0.25, 0.3) is 0 Å². The minimum Gasteiger partial charge on any atom is -0.354 e. The van der Waals surface area contributed by atoms with Crippen LogP contribution in [-0.4, -0.2) is 20.5 Å². The maximum absolute atomic E-state index is 14.7. The van der Waals surface area contributed by atoms with Crippen molar-refractivity contribution < 1.29 is 13.5 Å². The minimum absolute atomic E-state index is 0.250. The van der Waals surface area contributed by atoms with Crippen molar-refractivity contribution in [3.8, 4) is 0 Å². The number of aromatic nitrogens is 3. The summed E-state index contributed by atoms with van der Waals surface area (Å²) in [4.78, 5) is 4.32. The lowest BCUT2D eigenvalue weighted by atomic mass is 9.91. The van der Waals surface area contributed by atoms with E-state index >= 15 is 0 Å². The van der Waals surface area contributed by atoms with Gasteiger partial charge in [0.15, 0.2) is 5.16 Å². The Hall–Kier alpha value is -1.96. The third-order valence-corrected chi connectivity index (χ3v) is 6.37. The third kappa shape index (κ3) is 4.04. The number of benzene rings is 2. The summed E-state index contributed by atoms with van der Waals surface area (Å²) < 4.78 is 36.1. The molecule has 3 aromatic rings. The summed E-state index contributed by atoms with van der Waals surface area (Å²) in [7, 11) is 0. The maximum Gasteiger partial charge on any atom is 0.186 e. The summed E-state index contributed by atoms with van der Waals surface area (Å²) in [5.41, 5.74) is 0.0123. The number of epoxide rings is 1. The second-order valence-electron chi connectivity index (χ2n) is 6.94. The smallest absolute Gasteiger partial charge is 0.186 e. The third-order valence-electron chi connectivity index (χ3n) is 4.96. The highest BCUT2D eigenvalue weighted by atomic mass is 35.5. The normalized spacial score (nSPS) is 20.8. The highest BCUT2D eigenvalue weighted by Crippen LogP contribution is 2.59. The molecule has 2 aromatic carbocycles. The summed E-state index contributed by atoms with van der Waals surface area (Å²) in [6.07, 6.45) is 3.17. The van der Waals surface area contributed by atoms with Crippen molar-refractivity contribution in [3.05, 3.63) is 76.6 Å². The van der Waals surface area contributed by atoms with Crippen LogP contribution in [0.2, 0.25) is 5.02 Å². The predicted molar refractivity (Wildman–Crippen MR) is 109 cm³/mol. The Labute approximate surface area is 177 Å². The molecule has 1 saturated heterocycles. The zero-order valence-corrected chi connectivity index (χ0v) is 17.4. The lowest BCUT2D eigenvalue weighted by Gasteiger charge is -2.16. The predicted octanol–water partition coefficient (Wildman–Crippen LogP) is 5.77. The standard InChI is InChI=1S/C21H20ClF2N3OS/c1-2-3-10-29-20-25-13-26-27(20)12-21(16-9-8-14(23)11-18(16)24)19(28-21)15-6-4-5-7-17(15)22/h4-9,11,13,19H,2-3,10,12H2,1H3/t19-,21-/m0/s1. The van der Waals surface area contributed by atoms with Crippen LogP contribution in [0.5, 0.6) is 0 Å². The second-order valence-corrected chi connectivity index (χ2v) is 8.40. The molecule has 0 N–H and O–H groups in total. The van der Waals surface area contributed by atoms with Crippen molar-refractivity contribution in [3.63, 3.8) is 0 Å². The van der Waals surface area contributed by atoms with Crippen LogP contribution in [0.1, 0.15) is 37.0 Å². The van der Waals surface area contributed by atoms with Gasteiger partial charge in [0.2, 0.25) is 0 Å². The molecule has 4 nitrogen and oxygen atoms in total. The molecule has 29 heavy (non-hydrogen) atoms. The first-order valence-corrected chi connectivity index (χ1v) is 10.8. The first-order valence-electron chi connectivity index (χ1n) is 9.43. The van der Waals surface area contributed by atoms with Gasteiger partial charge in [-0.2, -0.15) is 5.10 Å². The molecule has 1 aliphatic heterocycles. The number of rotatable bonds is 8. The van der Waals surface area contributed by atoms with Crippen molar-refractivity contribution in [2.24, 2.45) is 0 Å². The number of thioether (sulfide) groups is 1. The van der Waals surface area contributed by atoms with Crippen molar-refractivity contribution in [1.82, 2.24) is 14.8 Å². The minimum atomic E-state index is -1.03. The summed E-state index contributed by atoms with van der Waals surface area (Å²) in [6.45, 7) is 2.38. The lowest BCUT2D eigenvalue weighted by molar-refractivity contribution is 0.250. The van der Waals surface area contributed by atoms with Crippen LogP contribution in [0.3, 0.4) is 0 Å².